The van der Waals surface area contributed by atoms with E-state index >= 15 is 0 Å². The van der Waals surface area contributed by atoms with Crippen LogP contribution in [0.1, 0.15) is 27.0 Å². The molecule has 1 aromatic heterocycles. The van der Waals surface area contributed by atoms with Crippen LogP contribution < -0.4 is 5.56 Å². The lowest BCUT2D eigenvalue weighted by Gasteiger charge is -2.07. The molecule has 0 saturated heterocycles. The van der Waals surface area contributed by atoms with Gasteiger partial charge in [-0.2, -0.15) is 5.10 Å². The lowest BCUT2D eigenvalue weighted by Crippen LogP contribution is -2.23. The van der Waals surface area contributed by atoms with Crippen LogP contribution in [0.3, 0.4) is 0 Å². The van der Waals surface area contributed by atoms with E-state index in [1.807, 2.05) is 42.5 Å². The van der Waals surface area contributed by atoms with Crippen molar-refractivity contribution in [2.45, 2.75) is 13.0 Å². The molecule has 4 rings (SSSR count). The highest BCUT2D eigenvalue weighted by atomic mass is 16.4. The van der Waals surface area contributed by atoms with Crippen molar-refractivity contribution in [3.05, 3.63) is 112 Å². The summed E-state index contributed by atoms with van der Waals surface area (Å²) in [6.07, 6.45) is 2.30. The highest BCUT2D eigenvalue weighted by Gasteiger charge is 2.07. The van der Waals surface area contributed by atoms with E-state index in [-0.39, 0.29) is 17.7 Å². The molecule has 5 heteroatoms. The van der Waals surface area contributed by atoms with Crippen LogP contribution in [0.15, 0.2) is 83.8 Å². The number of carboxylic acids is 1. The molecular weight excluding hydrogens is 376 g/mol. The van der Waals surface area contributed by atoms with Gasteiger partial charge in [-0.15, -0.1) is 0 Å². The van der Waals surface area contributed by atoms with Crippen LogP contribution in [0.2, 0.25) is 0 Å². The number of aromatic nitrogens is 2. The molecule has 0 atom stereocenters. The minimum atomic E-state index is -0.983. The van der Waals surface area contributed by atoms with Crippen LogP contribution in [0.5, 0.6) is 0 Å². The summed E-state index contributed by atoms with van der Waals surface area (Å²) < 4.78 is 1.37. The normalized spacial score (nSPS) is 10.4. The quantitative estimate of drug-likeness (QED) is 0.535. The van der Waals surface area contributed by atoms with Gasteiger partial charge < -0.3 is 5.11 Å². The van der Waals surface area contributed by atoms with Crippen LogP contribution in [-0.4, -0.2) is 20.9 Å². The predicted molar refractivity (Wildman–Crippen MR) is 116 cm³/mol. The number of hydrogen-bond donors (Lipinski definition) is 1. The van der Waals surface area contributed by atoms with Gasteiger partial charge in [0.25, 0.3) is 5.56 Å². The van der Waals surface area contributed by atoms with E-state index in [0.717, 1.165) is 22.1 Å². The second kappa shape index (κ2) is 8.46. The smallest absolute Gasteiger partial charge is 0.335 e. The number of aromatic carboxylic acids is 1. The molecule has 4 aromatic rings. The summed E-state index contributed by atoms with van der Waals surface area (Å²) in [7, 11) is 0. The third-order valence-corrected chi connectivity index (χ3v) is 4.76. The molecule has 0 amide bonds. The van der Waals surface area contributed by atoms with Crippen molar-refractivity contribution in [2.75, 3.05) is 0 Å². The summed E-state index contributed by atoms with van der Waals surface area (Å²) in [6, 6.07) is 21.9. The van der Waals surface area contributed by atoms with Gasteiger partial charge in [-0.05, 0) is 35.4 Å². The Balaban J connectivity index is 1.60. The van der Waals surface area contributed by atoms with Crippen molar-refractivity contribution in [2.24, 2.45) is 0 Å². The fraction of sp³-hybridized carbons (Fsp3) is 0.0800. The predicted octanol–water partition coefficient (Wildman–Crippen LogP) is 3.74. The van der Waals surface area contributed by atoms with Crippen molar-refractivity contribution in [1.82, 2.24) is 9.78 Å². The molecule has 0 radical (unpaired) electrons. The molecule has 146 valence electrons. The highest BCUT2D eigenvalue weighted by molar-refractivity contribution is 5.87. The zero-order valence-electron chi connectivity index (χ0n) is 16.1. The first kappa shape index (κ1) is 19.2. The Morgan fingerprint density at radius 2 is 1.73 bits per heavy atom. The van der Waals surface area contributed by atoms with Crippen molar-refractivity contribution in [3.63, 3.8) is 0 Å². The Labute approximate surface area is 173 Å². The molecule has 30 heavy (non-hydrogen) atoms. The summed E-state index contributed by atoms with van der Waals surface area (Å²) in [5.41, 5.74) is 2.72. The fourth-order valence-corrected chi connectivity index (χ4v) is 3.14. The molecule has 1 heterocycles. The first-order valence-electron chi connectivity index (χ1n) is 9.45. The first-order chi connectivity index (χ1) is 14.6. The van der Waals surface area contributed by atoms with Gasteiger partial charge in [-0.25, -0.2) is 9.48 Å². The number of rotatable bonds is 4. The minimum absolute atomic E-state index is 0.205. The standard InChI is InChI=1S/C25H18N2O3/c28-24-23-15-19(8-4-7-18-5-2-1-3-6-18)9-14-22(23)16-26-27(24)17-20-10-12-21(13-11-20)25(29)30/h1-3,5-6,9-16H,7,17H2,(H,29,30). The maximum absolute atomic E-state index is 12.9. The second-order valence-electron chi connectivity index (χ2n) is 6.88. The summed E-state index contributed by atoms with van der Waals surface area (Å²) in [4.78, 5) is 23.9. The Morgan fingerprint density at radius 3 is 2.47 bits per heavy atom. The number of hydrogen-bond acceptors (Lipinski definition) is 3. The monoisotopic (exact) mass is 394 g/mol. The largest absolute Gasteiger partial charge is 0.478 e. The van der Waals surface area contributed by atoms with Gasteiger partial charge in [0.2, 0.25) is 0 Å². The molecule has 0 unspecified atom stereocenters. The number of nitrogens with zero attached hydrogens (tertiary/aromatic N) is 2. The Hall–Kier alpha value is -4.17. The van der Waals surface area contributed by atoms with Crippen LogP contribution in [-0.2, 0) is 13.0 Å². The first-order valence-corrected chi connectivity index (χ1v) is 9.45. The maximum atomic E-state index is 12.9. The SMILES string of the molecule is O=C(O)c1ccc(Cn2ncc3ccc(C#CCc4ccccc4)cc3c2=O)cc1. The summed E-state index contributed by atoms with van der Waals surface area (Å²) in [5, 5.41) is 14.6. The highest BCUT2D eigenvalue weighted by Crippen LogP contribution is 2.12. The molecule has 1 N–H and O–H groups in total. The van der Waals surface area contributed by atoms with Crippen LogP contribution in [0, 0.1) is 11.8 Å². The lowest BCUT2D eigenvalue weighted by atomic mass is 10.1. The minimum Gasteiger partial charge on any atom is -0.478 e. The van der Waals surface area contributed by atoms with Gasteiger partial charge in [0, 0.05) is 17.4 Å². The molecule has 0 spiro atoms. The third-order valence-electron chi connectivity index (χ3n) is 4.76. The molecule has 0 aliphatic carbocycles. The average Bonchev–Trinajstić information content (AvgIpc) is 2.77. The molecule has 3 aromatic carbocycles. The Morgan fingerprint density at radius 1 is 0.967 bits per heavy atom. The van der Waals surface area contributed by atoms with Crippen molar-refractivity contribution in [3.8, 4) is 11.8 Å². The molecule has 0 saturated carbocycles. The molecule has 0 fully saturated rings. The van der Waals surface area contributed by atoms with E-state index in [1.54, 1.807) is 24.4 Å². The van der Waals surface area contributed by atoms with Crippen LogP contribution >= 0.6 is 0 Å². The van der Waals surface area contributed by atoms with Crippen LogP contribution in [0.25, 0.3) is 10.8 Å². The summed E-state index contributed by atoms with van der Waals surface area (Å²) in [5.74, 6) is 5.29. The fourth-order valence-electron chi connectivity index (χ4n) is 3.14. The van der Waals surface area contributed by atoms with Crippen molar-refractivity contribution < 1.29 is 9.90 Å². The average molecular weight is 394 g/mol. The Kier molecular flexibility index (Phi) is 5.40. The topological polar surface area (TPSA) is 72.2 Å². The van der Waals surface area contributed by atoms with E-state index in [9.17, 15) is 9.59 Å². The molecule has 0 bridgehead atoms. The Bertz CT molecular complexity index is 1330. The van der Waals surface area contributed by atoms with Gasteiger partial charge >= 0.3 is 5.97 Å². The number of fused-ring (bicyclic) bond motifs is 1. The van der Waals surface area contributed by atoms with Gasteiger partial charge in [-0.1, -0.05) is 60.4 Å². The lowest BCUT2D eigenvalue weighted by molar-refractivity contribution is 0.0697. The molecular formula is C25H18N2O3. The van der Waals surface area contributed by atoms with Crippen molar-refractivity contribution >= 4 is 16.7 Å². The van der Waals surface area contributed by atoms with Crippen LogP contribution in [0.4, 0.5) is 0 Å². The van der Waals surface area contributed by atoms with E-state index in [0.29, 0.717) is 11.8 Å². The summed E-state index contributed by atoms with van der Waals surface area (Å²) >= 11 is 0. The molecule has 0 aliphatic rings. The number of benzene rings is 3. The number of carboxylic acid groups (broad SMARTS) is 1. The zero-order valence-corrected chi connectivity index (χ0v) is 16.1. The van der Waals surface area contributed by atoms with Gasteiger partial charge in [0.15, 0.2) is 0 Å². The zero-order chi connectivity index (χ0) is 20.9. The van der Waals surface area contributed by atoms with Gasteiger partial charge in [-0.3, -0.25) is 4.79 Å². The molecule has 5 nitrogen and oxygen atoms in total. The van der Waals surface area contributed by atoms with Gasteiger partial charge in [0.05, 0.1) is 23.7 Å². The second-order valence-corrected chi connectivity index (χ2v) is 6.88. The van der Waals surface area contributed by atoms with E-state index in [4.69, 9.17) is 5.11 Å². The summed E-state index contributed by atoms with van der Waals surface area (Å²) in [6.45, 7) is 0.262. The molecule has 0 aliphatic heterocycles. The third kappa shape index (κ3) is 4.29. The van der Waals surface area contributed by atoms with E-state index in [1.165, 1.54) is 16.8 Å². The van der Waals surface area contributed by atoms with E-state index in [2.05, 4.69) is 16.9 Å². The number of carbonyl (C=O) groups is 1. The van der Waals surface area contributed by atoms with Gasteiger partial charge in [0.1, 0.15) is 0 Å². The maximum Gasteiger partial charge on any atom is 0.335 e. The van der Waals surface area contributed by atoms with E-state index < -0.39 is 5.97 Å². The van der Waals surface area contributed by atoms with Crippen molar-refractivity contribution in [1.29, 1.82) is 0 Å².